The third kappa shape index (κ3) is 4.54. The molecule has 1 saturated heterocycles. The lowest BCUT2D eigenvalue weighted by Gasteiger charge is -2.37. The number of aldehydes is 1. The number of benzene rings is 2. The highest BCUT2D eigenvalue weighted by Crippen LogP contribution is 2.22. The summed E-state index contributed by atoms with van der Waals surface area (Å²) in [6.45, 7) is 4.46. The second-order valence-corrected chi connectivity index (χ2v) is 7.57. The van der Waals surface area contributed by atoms with Crippen molar-refractivity contribution in [3.63, 3.8) is 0 Å². The predicted molar refractivity (Wildman–Crippen MR) is 108 cm³/mol. The molecule has 5 nitrogen and oxygen atoms in total. The maximum Gasteiger partial charge on any atom is 0.254 e. The number of hydrogen-bond donors (Lipinski definition) is 0. The van der Waals surface area contributed by atoms with Gasteiger partial charge in [0.15, 0.2) is 6.29 Å². The van der Waals surface area contributed by atoms with Crippen LogP contribution in [0.3, 0.4) is 0 Å². The molecule has 0 radical (unpaired) electrons. The SMILES string of the molecule is CC1CN(Cc2ccccc2)CC(CN(C)C(=O)c2ccccc2C=O)C1=O. The maximum atomic E-state index is 12.8. The third-order valence-corrected chi connectivity index (χ3v) is 5.31. The van der Waals surface area contributed by atoms with Crippen molar-refractivity contribution in [3.8, 4) is 0 Å². The molecule has 5 heteroatoms. The van der Waals surface area contributed by atoms with E-state index in [0.29, 0.717) is 30.5 Å². The summed E-state index contributed by atoms with van der Waals surface area (Å²) in [5.74, 6) is -0.325. The van der Waals surface area contributed by atoms with Crippen LogP contribution < -0.4 is 0 Å². The number of hydrogen-bond acceptors (Lipinski definition) is 4. The minimum absolute atomic E-state index is 0.0618. The summed E-state index contributed by atoms with van der Waals surface area (Å²) >= 11 is 0. The number of likely N-dealkylation sites (tertiary alicyclic amines) is 1. The molecule has 1 heterocycles. The van der Waals surface area contributed by atoms with Gasteiger partial charge < -0.3 is 4.90 Å². The number of rotatable bonds is 6. The average Bonchev–Trinajstić information content (AvgIpc) is 2.71. The summed E-state index contributed by atoms with van der Waals surface area (Å²) < 4.78 is 0. The molecule has 146 valence electrons. The van der Waals surface area contributed by atoms with Crippen LogP contribution in [0.2, 0.25) is 0 Å². The minimum atomic E-state index is -0.233. The second kappa shape index (κ2) is 8.93. The summed E-state index contributed by atoms with van der Waals surface area (Å²) in [6.07, 6.45) is 0.691. The highest BCUT2D eigenvalue weighted by Gasteiger charge is 2.34. The molecule has 3 rings (SSSR count). The van der Waals surface area contributed by atoms with Crippen LogP contribution in [-0.4, -0.2) is 54.5 Å². The topological polar surface area (TPSA) is 57.7 Å². The molecule has 1 aliphatic heterocycles. The molecule has 2 atom stereocenters. The Kier molecular flexibility index (Phi) is 6.37. The fourth-order valence-corrected chi connectivity index (χ4v) is 3.89. The van der Waals surface area contributed by atoms with Crippen LogP contribution in [0.5, 0.6) is 0 Å². The van der Waals surface area contributed by atoms with Gasteiger partial charge in [0.2, 0.25) is 0 Å². The van der Waals surface area contributed by atoms with E-state index in [4.69, 9.17) is 0 Å². The van der Waals surface area contributed by atoms with Crippen molar-refractivity contribution in [2.45, 2.75) is 13.5 Å². The highest BCUT2D eigenvalue weighted by atomic mass is 16.2. The minimum Gasteiger partial charge on any atom is -0.341 e. The summed E-state index contributed by atoms with van der Waals surface area (Å²) in [5.41, 5.74) is 1.96. The molecule has 2 aromatic carbocycles. The Morgan fingerprint density at radius 3 is 2.50 bits per heavy atom. The first-order chi connectivity index (χ1) is 13.5. The molecule has 0 saturated carbocycles. The van der Waals surface area contributed by atoms with Crippen molar-refractivity contribution in [3.05, 3.63) is 71.3 Å². The number of Topliss-reactive ketones (excluding diaryl/α,β-unsaturated/α-hetero) is 1. The molecule has 0 N–H and O–H groups in total. The summed E-state index contributed by atoms with van der Waals surface area (Å²) in [5, 5.41) is 0. The number of piperidine rings is 1. The largest absolute Gasteiger partial charge is 0.341 e. The van der Waals surface area contributed by atoms with Gasteiger partial charge in [-0.05, 0) is 11.6 Å². The van der Waals surface area contributed by atoms with Gasteiger partial charge in [-0.25, -0.2) is 0 Å². The molecule has 1 fully saturated rings. The van der Waals surface area contributed by atoms with Gasteiger partial charge in [-0.3, -0.25) is 19.3 Å². The lowest BCUT2D eigenvalue weighted by Crippen LogP contribution is -2.49. The standard InChI is InChI=1S/C23H26N2O3/c1-17-12-25(13-18-8-4-3-5-9-18)15-20(22(17)27)14-24(2)23(28)21-11-7-6-10-19(21)16-26/h3-11,16-17,20H,12-15H2,1-2H3. The Morgan fingerprint density at radius 1 is 1.11 bits per heavy atom. The van der Waals surface area contributed by atoms with Gasteiger partial charge in [-0.15, -0.1) is 0 Å². The predicted octanol–water partition coefficient (Wildman–Crippen LogP) is 2.91. The van der Waals surface area contributed by atoms with Crippen LogP contribution in [0, 0.1) is 11.8 Å². The van der Waals surface area contributed by atoms with Crippen molar-refractivity contribution >= 4 is 18.0 Å². The first-order valence-corrected chi connectivity index (χ1v) is 9.59. The molecule has 0 spiro atoms. The van der Waals surface area contributed by atoms with Gasteiger partial charge in [0.05, 0.1) is 5.56 Å². The molecule has 2 unspecified atom stereocenters. The van der Waals surface area contributed by atoms with Gasteiger partial charge in [0.25, 0.3) is 5.91 Å². The number of ketones is 1. The first kappa shape index (κ1) is 20.0. The molecule has 28 heavy (non-hydrogen) atoms. The van der Waals surface area contributed by atoms with Crippen LogP contribution in [0.4, 0.5) is 0 Å². The zero-order chi connectivity index (χ0) is 20.1. The molecule has 2 aromatic rings. The lowest BCUT2D eigenvalue weighted by atomic mass is 9.88. The monoisotopic (exact) mass is 378 g/mol. The van der Waals surface area contributed by atoms with E-state index in [1.54, 1.807) is 36.2 Å². The normalized spacial score (nSPS) is 20.0. The van der Waals surface area contributed by atoms with E-state index >= 15 is 0 Å². The molecular weight excluding hydrogens is 352 g/mol. The smallest absolute Gasteiger partial charge is 0.254 e. The summed E-state index contributed by atoms with van der Waals surface area (Å²) in [4.78, 5) is 40.6. The number of carbonyl (C=O) groups excluding carboxylic acids is 3. The number of nitrogens with zero attached hydrogens (tertiary/aromatic N) is 2. The Balaban J connectivity index is 1.69. The fraction of sp³-hybridized carbons (Fsp3) is 0.348. The van der Waals surface area contributed by atoms with E-state index in [1.165, 1.54) is 5.56 Å². The summed E-state index contributed by atoms with van der Waals surface area (Å²) in [7, 11) is 1.69. The van der Waals surface area contributed by atoms with Gasteiger partial charge >= 0.3 is 0 Å². The van der Waals surface area contributed by atoms with Crippen molar-refractivity contribution in [1.29, 1.82) is 0 Å². The van der Waals surface area contributed by atoms with Gasteiger partial charge in [0, 0.05) is 50.6 Å². The van der Waals surface area contributed by atoms with E-state index in [0.717, 1.165) is 13.1 Å². The maximum absolute atomic E-state index is 12.8. The fourth-order valence-electron chi connectivity index (χ4n) is 3.89. The van der Waals surface area contributed by atoms with Crippen LogP contribution in [0.1, 0.15) is 33.2 Å². The molecular formula is C23H26N2O3. The van der Waals surface area contributed by atoms with Crippen molar-refractivity contribution < 1.29 is 14.4 Å². The van der Waals surface area contributed by atoms with Crippen LogP contribution in [0.15, 0.2) is 54.6 Å². The Labute approximate surface area is 166 Å². The van der Waals surface area contributed by atoms with Gasteiger partial charge in [-0.2, -0.15) is 0 Å². The van der Waals surface area contributed by atoms with Gasteiger partial charge in [0.1, 0.15) is 5.78 Å². The molecule has 1 amide bonds. The van der Waals surface area contributed by atoms with E-state index in [1.807, 2.05) is 25.1 Å². The Bertz CT molecular complexity index is 850. The van der Waals surface area contributed by atoms with Crippen molar-refractivity contribution in [1.82, 2.24) is 9.80 Å². The van der Waals surface area contributed by atoms with Crippen molar-refractivity contribution in [2.75, 3.05) is 26.7 Å². The zero-order valence-corrected chi connectivity index (χ0v) is 16.4. The molecule has 1 aliphatic rings. The molecule has 0 aromatic heterocycles. The Morgan fingerprint density at radius 2 is 1.79 bits per heavy atom. The molecule has 0 aliphatic carbocycles. The van der Waals surface area contributed by atoms with E-state index in [-0.39, 0.29) is 23.5 Å². The highest BCUT2D eigenvalue weighted by molar-refractivity contribution is 6.01. The summed E-state index contributed by atoms with van der Waals surface area (Å²) in [6, 6.07) is 16.9. The lowest BCUT2D eigenvalue weighted by molar-refractivity contribution is -0.131. The van der Waals surface area contributed by atoms with Crippen LogP contribution in [-0.2, 0) is 11.3 Å². The Hall–Kier alpha value is -2.79. The van der Waals surface area contributed by atoms with E-state index < -0.39 is 0 Å². The third-order valence-electron chi connectivity index (χ3n) is 5.31. The van der Waals surface area contributed by atoms with E-state index in [2.05, 4.69) is 17.0 Å². The quantitative estimate of drug-likeness (QED) is 0.726. The van der Waals surface area contributed by atoms with Crippen LogP contribution in [0.25, 0.3) is 0 Å². The number of carbonyl (C=O) groups is 3. The second-order valence-electron chi connectivity index (χ2n) is 7.57. The van der Waals surface area contributed by atoms with Crippen molar-refractivity contribution in [2.24, 2.45) is 11.8 Å². The zero-order valence-electron chi connectivity index (χ0n) is 16.4. The van der Waals surface area contributed by atoms with Crippen LogP contribution >= 0.6 is 0 Å². The van der Waals surface area contributed by atoms with Gasteiger partial charge in [-0.1, -0.05) is 55.5 Å². The number of amides is 1. The first-order valence-electron chi connectivity index (χ1n) is 9.59. The molecule has 0 bridgehead atoms. The van der Waals surface area contributed by atoms with E-state index in [9.17, 15) is 14.4 Å². The average molecular weight is 378 g/mol.